The number of hydrogen-bond donors (Lipinski definition) is 2. The summed E-state index contributed by atoms with van der Waals surface area (Å²) >= 11 is 0. The molecule has 1 heterocycles. The Morgan fingerprint density at radius 2 is 1.39 bits per heavy atom. The van der Waals surface area contributed by atoms with E-state index in [1.807, 2.05) is 0 Å². The van der Waals surface area contributed by atoms with E-state index in [1.54, 1.807) is 12.1 Å². The molecule has 0 unspecified atom stereocenters. The maximum Gasteiger partial charge on any atom is 0.337 e. The van der Waals surface area contributed by atoms with Crippen LogP contribution >= 0.6 is 0 Å². The summed E-state index contributed by atoms with van der Waals surface area (Å²) in [6.07, 6.45) is 0. The lowest BCUT2D eigenvalue weighted by Crippen LogP contribution is -2.47. The van der Waals surface area contributed by atoms with Crippen LogP contribution in [0.2, 0.25) is 0 Å². The SMILES string of the molecule is COC(=O)c1ccc(C(=O)NNC(=O)CN2C(=O)c3ccccc3C2=O)cc1. The molecule has 3 rings (SSSR count). The van der Waals surface area contributed by atoms with Crippen molar-refractivity contribution in [3.05, 3.63) is 70.8 Å². The van der Waals surface area contributed by atoms with Gasteiger partial charge in [0, 0.05) is 5.56 Å². The number of amides is 4. The lowest BCUT2D eigenvalue weighted by molar-refractivity contribution is -0.122. The number of ether oxygens (including phenoxy) is 1. The summed E-state index contributed by atoms with van der Waals surface area (Å²) < 4.78 is 4.56. The Kier molecular flexibility index (Phi) is 5.16. The summed E-state index contributed by atoms with van der Waals surface area (Å²) in [6.45, 7) is -0.534. The van der Waals surface area contributed by atoms with Crippen molar-refractivity contribution < 1.29 is 28.7 Å². The van der Waals surface area contributed by atoms with Crippen molar-refractivity contribution in [3.8, 4) is 0 Å². The number of carbonyl (C=O) groups excluding carboxylic acids is 5. The number of nitrogens with zero attached hydrogens (tertiary/aromatic N) is 1. The predicted molar refractivity (Wildman–Crippen MR) is 95.2 cm³/mol. The molecule has 1 aliphatic rings. The number of hydrazine groups is 1. The number of esters is 1. The van der Waals surface area contributed by atoms with Gasteiger partial charge < -0.3 is 4.74 Å². The van der Waals surface area contributed by atoms with E-state index >= 15 is 0 Å². The van der Waals surface area contributed by atoms with Gasteiger partial charge in [0.1, 0.15) is 6.54 Å². The molecule has 0 aromatic heterocycles. The van der Waals surface area contributed by atoms with Crippen LogP contribution in [0.25, 0.3) is 0 Å². The fraction of sp³-hybridized carbons (Fsp3) is 0.105. The van der Waals surface area contributed by atoms with Gasteiger partial charge in [-0.15, -0.1) is 0 Å². The zero-order valence-corrected chi connectivity index (χ0v) is 14.7. The summed E-state index contributed by atoms with van der Waals surface area (Å²) in [6, 6.07) is 11.8. The van der Waals surface area contributed by atoms with Crippen LogP contribution in [0.3, 0.4) is 0 Å². The molecule has 1 aliphatic heterocycles. The third-order valence-corrected chi connectivity index (χ3v) is 4.06. The largest absolute Gasteiger partial charge is 0.465 e. The van der Waals surface area contributed by atoms with E-state index < -0.39 is 36.1 Å². The molecule has 2 N–H and O–H groups in total. The summed E-state index contributed by atoms with van der Waals surface area (Å²) in [4.78, 5) is 60.7. The molecule has 0 atom stereocenters. The third kappa shape index (κ3) is 3.58. The minimum Gasteiger partial charge on any atom is -0.465 e. The molecule has 4 amide bonds. The van der Waals surface area contributed by atoms with Crippen LogP contribution < -0.4 is 10.9 Å². The normalized spacial score (nSPS) is 12.4. The van der Waals surface area contributed by atoms with E-state index in [2.05, 4.69) is 15.6 Å². The molecule has 142 valence electrons. The Morgan fingerprint density at radius 3 is 1.93 bits per heavy atom. The summed E-state index contributed by atoms with van der Waals surface area (Å²) in [5.74, 6) is -3.05. The van der Waals surface area contributed by atoms with Crippen LogP contribution in [0, 0.1) is 0 Å². The van der Waals surface area contributed by atoms with Crippen molar-refractivity contribution in [1.29, 1.82) is 0 Å². The zero-order valence-electron chi connectivity index (χ0n) is 14.7. The minimum atomic E-state index is -0.742. The first-order valence-corrected chi connectivity index (χ1v) is 8.15. The van der Waals surface area contributed by atoms with Gasteiger partial charge in [-0.3, -0.25) is 34.9 Å². The van der Waals surface area contributed by atoms with Crippen LogP contribution in [0.5, 0.6) is 0 Å². The number of rotatable bonds is 4. The molecule has 0 fully saturated rings. The molecule has 0 saturated carbocycles. The second kappa shape index (κ2) is 7.70. The van der Waals surface area contributed by atoms with Gasteiger partial charge in [0.2, 0.25) is 0 Å². The number of benzene rings is 2. The predicted octanol–water partition coefficient (Wildman–Crippen LogP) is 0.530. The highest BCUT2D eigenvalue weighted by atomic mass is 16.5. The topological polar surface area (TPSA) is 122 Å². The van der Waals surface area contributed by atoms with Gasteiger partial charge in [-0.1, -0.05) is 12.1 Å². The molecular formula is C19H15N3O6. The lowest BCUT2D eigenvalue weighted by Gasteiger charge is -2.14. The Labute approximate surface area is 159 Å². The van der Waals surface area contributed by atoms with Crippen LogP contribution in [-0.2, 0) is 9.53 Å². The second-order valence-electron chi connectivity index (χ2n) is 5.81. The van der Waals surface area contributed by atoms with Gasteiger partial charge in [0.15, 0.2) is 0 Å². The monoisotopic (exact) mass is 381 g/mol. The first-order valence-electron chi connectivity index (χ1n) is 8.15. The van der Waals surface area contributed by atoms with Crippen molar-refractivity contribution in [2.45, 2.75) is 0 Å². The molecule has 2 aromatic carbocycles. The molecular weight excluding hydrogens is 366 g/mol. The molecule has 0 radical (unpaired) electrons. The van der Waals surface area contributed by atoms with Crippen LogP contribution in [0.15, 0.2) is 48.5 Å². The first kappa shape index (κ1) is 18.8. The van der Waals surface area contributed by atoms with Crippen molar-refractivity contribution in [2.75, 3.05) is 13.7 Å². The van der Waals surface area contributed by atoms with Gasteiger partial charge in [0.25, 0.3) is 23.6 Å². The molecule has 0 spiro atoms. The standard InChI is InChI=1S/C19H15N3O6/c1-28-19(27)12-8-6-11(7-9-12)16(24)21-20-15(23)10-22-17(25)13-4-2-3-5-14(13)18(22)26/h2-9H,10H2,1H3,(H,20,23)(H,21,24). The highest BCUT2D eigenvalue weighted by Crippen LogP contribution is 2.21. The molecule has 0 bridgehead atoms. The first-order chi connectivity index (χ1) is 13.4. The Balaban J connectivity index is 1.56. The molecule has 2 aromatic rings. The van der Waals surface area contributed by atoms with Crippen molar-refractivity contribution in [2.24, 2.45) is 0 Å². The number of fused-ring (bicyclic) bond motifs is 1. The zero-order chi connectivity index (χ0) is 20.3. The maximum atomic E-state index is 12.2. The van der Waals surface area contributed by atoms with Gasteiger partial charge in [0.05, 0.1) is 23.8 Å². The second-order valence-corrected chi connectivity index (χ2v) is 5.81. The van der Waals surface area contributed by atoms with Gasteiger partial charge in [-0.05, 0) is 36.4 Å². The number of methoxy groups -OCH3 is 1. The smallest absolute Gasteiger partial charge is 0.337 e. The quantitative estimate of drug-likeness (QED) is 0.453. The molecule has 28 heavy (non-hydrogen) atoms. The van der Waals surface area contributed by atoms with Gasteiger partial charge >= 0.3 is 5.97 Å². The van der Waals surface area contributed by atoms with Crippen LogP contribution in [-0.4, -0.2) is 48.2 Å². The van der Waals surface area contributed by atoms with Crippen molar-refractivity contribution >= 4 is 29.6 Å². The van der Waals surface area contributed by atoms with E-state index in [9.17, 15) is 24.0 Å². The minimum absolute atomic E-state index is 0.189. The summed E-state index contributed by atoms with van der Waals surface area (Å²) in [7, 11) is 1.24. The highest BCUT2D eigenvalue weighted by molar-refractivity contribution is 6.22. The Bertz CT molecular complexity index is 948. The average molecular weight is 381 g/mol. The molecule has 0 aliphatic carbocycles. The average Bonchev–Trinajstić information content (AvgIpc) is 2.96. The maximum absolute atomic E-state index is 12.2. The van der Waals surface area contributed by atoms with E-state index in [0.29, 0.717) is 0 Å². The van der Waals surface area contributed by atoms with E-state index in [-0.39, 0.29) is 22.3 Å². The van der Waals surface area contributed by atoms with Crippen molar-refractivity contribution in [3.63, 3.8) is 0 Å². The molecule has 0 saturated heterocycles. The van der Waals surface area contributed by atoms with E-state index in [0.717, 1.165) is 4.90 Å². The van der Waals surface area contributed by atoms with E-state index in [1.165, 1.54) is 43.5 Å². The summed E-state index contributed by atoms with van der Waals surface area (Å²) in [5, 5.41) is 0. The van der Waals surface area contributed by atoms with E-state index in [4.69, 9.17) is 0 Å². The van der Waals surface area contributed by atoms with Crippen LogP contribution in [0.4, 0.5) is 0 Å². The Morgan fingerprint density at radius 1 is 0.857 bits per heavy atom. The lowest BCUT2D eigenvalue weighted by atomic mass is 10.1. The van der Waals surface area contributed by atoms with Crippen LogP contribution in [0.1, 0.15) is 41.4 Å². The molecule has 9 heteroatoms. The van der Waals surface area contributed by atoms with Gasteiger partial charge in [-0.2, -0.15) is 0 Å². The molecule has 9 nitrogen and oxygen atoms in total. The number of hydrogen-bond acceptors (Lipinski definition) is 6. The Hall–Kier alpha value is -4.01. The van der Waals surface area contributed by atoms with Gasteiger partial charge in [-0.25, -0.2) is 4.79 Å². The number of imide groups is 1. The highest BCUT2D eigenvalue weighted by Gasteiger charge is 2.36. The fourth-order valence-electron chi connectivity index (χ4n) is 2.64. The number of carbonyl (C=O) groups is 5. The van der Waals surface area contributed by atoms with Crippen molar-refractivity contribution in [1.82, 2.24) is 15.8 Å². The number of nitrogens with one attached hydrogen (secondary N) is 2. The third-order valence-electron chi connectivity index (χ3n) is 4.06. The summed E-state index contributed by atoms with van der Waals surface area (Å²) in [5.41, 5.74) is 5.25. The fourth-order valence-corrected chi connectivity index (χ4v) is 2.64.